The maximum atomic E-state index is 12.6. The van der Waals surface area contributed by atoms with E-state index < -0.39 is 10.0 Å². The molecule has 25 heavy (non-hydrogen) atoms. The molecule has 0 atom stereocenters. The van der Waals surface area contributed by atoms with Crippen molar-refractivity contribution in [1.29, 1.82) is 0 Å². The number of hydrogen-bond acceptors (Lipinski definition) is 5. The minimum atomic E-state index is -3.71. The topological polar surface area (TPSA) is 81.4 Å². The van der Waals surface area contributed by atoms with Crippen molar-refractivity contribution in [1.82, 2.24) is 9.71 Å². The summed E-state index contributed by atoms with van der Waals surface area (Å²) in [7, 11) is -2.26. The van der Waals surface area contributed by atoms with Gasteiger partial charge in [-0.25, -0.2) is 13.1 Å². The van der Waals surface area contributed by atoms with Crippen LogP contribution in [0.3, 0.4) is 0 Å². The van der Waals surface area contributed by atoms with Gasteiger partial charge in [0.25, 0.3) is 0 Å². The lowest BCUT2D eigenvalue weighted by molar-refractivity contribution is 0.402. The zero-order valence-corrected chi connectivity index (χ0v) is 14.7. The smallest absolute Gasteiger partial charge is 0.244 e. The number of furan rings is 1. The number of aromatic nitrogens is 1. The van der Waals surface area contributed by atoms with Crippen LogP contribution in [0, 0.1) is 6.92 Å². The quantitative estimate of drug-likeness (QED) is 0.732. The number of nitrogens with one attached hydrogen (secondary N) is 1. The van der Waals surface area contributed by atoms with Crippen LogP contribution in [0.25, 0.3) is 11.5 Å². The van der Waals surface area contributed by atoms with Crippen LogP contribution >= 0.6 is 0 Å². The van der Waals surface area contributed by atoms with Crippen molar-refractivity contribution in [2.45, 2.75) is 18.4 Å². The number of nitrogens with zero attached hydrogens (tertiary/aromatic N) is 1. The van der Waals surface area contributed by atoms with Gasteiger partial charge in [-0.3, -0.25) is 4.98 Å². The summed E-state index contributed by atoms with van der Waals surface area (Å²) in [4.78, 5) is 4.35. The van der Waals surface area contributed by atoms with E-state index in [1.807, 2.05) is 6.92 Å². The molecule has 0 fully saturated rings. The molecule has 0 aliphatic heterocycles. The molecule has 0 spiro atoms. The van der Waals surface area contributed by atoms with Crippen LogP contribution in [-0.4, -0.2) is 20.5 Å². The van der Waals surface area contributed by atoms with Gasteiger partial charge in [-0.15, -0.1) is 0 Å². The second-order valence-corrected chi connectivity index (χ2v) is 7.24. The second kappa shape index (κ2) is 7.08. The fraction of sp³-hybridized carbons (Fsp3) is 0.167. The highest BCUT2D eigenvalue weighted by molar-refractivity contribution is 7.89. The summed E-state index contributed by atoms with van der Waals surface area (Å²) in [6.07, 6.45) is 3.19. The van der Waals surface area contributed by atoms with Crippen molar-refractivity contribution >= 4 is 10.0 Å². The van der Waals surface area contributed by atoms with Gasteiger partial charge in [-0.2, -0.15) is 0 Å². The van der Waals surface area contributed by atoms with Crippen LogP contribution in [0.5, 0.6) is 5.75 Å². The SMILES string of the molecule is COc1ccc(C)cc1S(=O)(=O)NCc1ccnc(-c2ccco2)c1. The van der Waals surface area contributed by atoms with Crippen LogP contribution in [0.2, 0.25) is 0 Å². The molecule has 6 nitrogen and oxygen atoms in total. The molecule has 0 radical (unpaired) electrons. The lowest BCUT2D eigenvalue weighted by Crippen LogP contribution is -2.24. The second-order valence-electron chi connectivity index (χ2n) is 5.51. The van der Waals surface area contributed by atoms with Crippen LogP contribution < -0.4 is 9.46 Å². The van der Waals surface area contributed by atoms with Gasteiger partial charge in [0.15, 0.2) is 5.76 Å². The summed E-state index contributed by atoms with van der Waals surface area (Å²) in [5, 5.41) is 0. The molecule has 1 aromatic carbocycles. The minimum Gasteiger partial charge on any atom is -0.495 e. The van der Waals surface area contributed by atoms with Crippen molar-refractivity contribution in [3.8, 4) is 17.2 Å². The summed E-state index contributed by atoms with van der Waals surface area (Å²) in [5.74, 6) is 0.939. The van der Waals surface area contributed by atoms with E-state index in [1.54, 1.807) is 54.9 Å². The first-order chi connectivity index (χ1) is 12.0. The van der Waals surface area contributed by atoms with Crippen LogP contribution in [0.4, 0.5) is 0 Å². The Labute approximate surface area is 146 Å². The Kier molecular flexibility index (Phi) is 4.87. The van der Waals surface area contributed by atoms with Crippen LogP contribution in [0.15, 0.2) is 64.2 Å². The molecule has 3 rings (SSSR count). The van der Waals surface area contributed by atoms with Crippen LogP contribution in [-0.2, 0) is 16.6 Å². The molecule has 1 N–H and O–H groups in total. The minimum absolute atomic E-state index is 0.121. The van der Waals surface area contributed by atoms with Crippen LogP contribution in [0.1, 0.15) is 11.1 Å². The van der Waals surface area contributed by atoms with Crippen molar-refractivity contribution in [3.05, 3.63) is 66.1 Å². The first-order valence-corrected chi connectivity index (χ1v) is 9.11. The average Bonchev–Trinajstić information content (AvgIpc) is 3.15. The molecule has 0 saturated carbocycles. The summed E-state index contributed by atoms with van der Waals surface area (Å²) >= 11 is 0. The Hall–Kier alpha value is -2.64. The predicted molar refractivity (Wildman–Crippen MR) is 93.7 cm³/mol. The lowest BCUT2D eigenvalue weighted by Gasteiger charge is -2.11. The highest BCUT2D eigenvalue weighted by atomic mass is 32.2. The molecule has 3 aromatic rings. The molecule has 0 unspecified atom stereocenters. The van der Waals surface area contributed by atoms with Gasteiger partial charge in [-0.1, -0.05) is 6.07 Å². The molecule has 7 heteroatoms. The Morgan fingerprint density at radius 2 is 2.04 bits per heavy atom. The standard InChI is InChI=1S/C18H18N2O4S/c1-13-5-6-17(23-2)18(10-13)25(21,22)20-12-14-7-8-19-15(11-14)16-4-3-9-24-16/h3-11,20H,12H2,1-2H3. The number of methoxy groups -OCH3 is 1. The van der Waals surface area contributed by atoms with Gasteiger partial charge in [0.1, 0.15) is 16.3 Å². The van der Waals surface area contributed by atoms with E-state index >= 15 is 0 Å². The Balaban J connectivity index is 1.81. The van der Waals surface area contributed by atoms with E-state index in [4.69, 9.17) is 9.15 Å². The van der Waals surface area contributed by atoms with E-state index in [2.05, 4.69) is 9.71 Å². The van der Waals surface area contributed by atoms with Gasteiger partial charge < -0.3 is 9.15 Å². The molecule has 0 aliphatic rings. The largest absolute Gasteiger partial charge is 0.495 e. The Morgan fingerprint density at radius 1 is 1.20 bits per heavy atom. The van der Waals surface area contributed by atoms with Crippen molar-refractivity contribution in [2.24, 2.45) is 0 Å². The molecular weight excluding hydrogens is 340 g/mol. The number of ether oxygens (including phenoxy) is 1. The number of pyridine rings is 1. The van der Waals surface area contributed by atoms with E-state index in [9.17, 15) is 8.42 Å². The first kappa shape index (κ1) is 17.2. The predicted octanol–water partition coefficient (Wildman–Crippen LogP) is 3.14. The molecule has 0 bridgehead atoms. The number of benzene rings is 1. The molecular formula is C18H18N2O4S. The summed E-state index contributed by atoms with van der Waals surface area (Å²) < 4.78 is 38.3. The Bertz CT molecular complexity index is 967. The third-order valence-corrected chi connectivity index (χ3v) is 5.10. The van der Waals surface area contributed by atoms with E-state index in [1.165, 1.54) is 7.11 Å². The first-order valence-electron chi connectivity index (χ1n) is 7.63. The van der Waals surface area contributed by atoms with Gasteiger partial charge in [0, 0.05) is 12.7 Å². The Morgan fingerprint density at radius 3 is 2.76 bits per heavy atom. The number of aryl methyl sites for hydroxylation is 1. The highest BCUT2D eigenvalue weighted by Gasteiger charge is 2.19. The molecule has 130 valence electrons. The zero-order valence-electron chi connectivity index (χ0n) is 13.9. The maximum absolute atomic E-state index is 12.6. The molecule has 0 saturated heterocycles. The number of sulfonamides is 1. The zero-order chi connectivity index (χ0) is 17.9. The lowest BCUT2D eigenvalue weighted by atomic mass is 10.2. The van der Waals surface area contributed by atoms with Crippen molar-refractivity contribution < 1.29 is 17.6 Å². The summed E-state index contributed by atoms with van der Waals surface area (Å²) in [5.41, 5.74) is 2.26. The monoisotopic (exact) mass is 358 g/mol. The van der Waals surface area contributed by atoms with Gasteiger partial charge in [0.05, 0.1) is 13.4 Å². The van der Waals surface area contributed by atoms with Crippen molar-refractivity contribution in [3.63, 3.8) is 0 Å². The van der Waals surface area contributed by atoms with E-state index in [0.29, 0.717) is 17.2 Å². The molecule has 2 aromatic heterocycles. The summed E-state index contributed by atoms with van der Waals surface area (Å²) in [6.45, 7) is 1.96. The summed E-state index contributed by atoms with van der Waals surface area (Å²) in [6, 6.07) is 12.1. The third-order valence-electron chi connectivity index (χ3n) is 3.67. The normalized spacial score (nSPS) is 11.4. The fourth-order valence-corrected chi connectivity index (χ4v) is 3.66. The van der Waals surface area contributed by atoms with E-state index in [-0.39, 0.29) is 11.4 Å². The number of hydrogen-bond donors (Lipinski definition) is 1. The van der Waals surface area contributed by atoms with Gasteiger partial charge >= 0.3 is 0 Å². The third kappa shape index (κ3) is 3.89. The molecule has 2 heterocycles. The van der Waals surface area contributed by atoms with Crippen molar-refractivity contribution in [2.75, 3.05) is 7.11 Å². The highest BCUT2D eigenvalue weighted by Crippen LogP contribution is 2.25. The van der Waals surface area contributed by atoms with Gasteiger partial charge in [0.2, 0.25) is 10.0 Å². The van der Waals surface area contributed by atoms with Gasteiger partial charge in [-0.05, 0) is 54.4 Å². The molecule has 0 aliphatic carbocycles. The average molecular weight is 358 g/mol. The molecule has 0 amide bonds. The number of rotatable bonds is 6. The fourth-order valence-electron chi connectivity index (χ4n) is 2.39. The van der Waals surface area contributed by atoms with E-state index in [0.717, 1.165) is 11.1 Å². The maximum Gasteiger partial charge on any atom is 0.244 e.